The molecule has 1 unspecified atom stereocenters. The molecule has 1 aliphatic rings. The van der Waals surface area contributed by atoms with E-state index in [0.717, 1.165) is 19.3 Å². The van der Waals surface area contributed by atoms with E-state index in [1.807, 2.05) is 0 Å². The molecular weight excluding hydrogens is 119 g/mol. The van der Waals surface area contributed by atoms with Crippen LogP contribution in [0.3, 0.4) is 0 Å². The van der Waals surface area contributed by atoms with Crippen molar-refractivity contribution in [1.29, 1.82) is 0 Å². The molecule has 1 heteroatoms. The third-order valence-electron chi connectivity index (χ3n) is 2.06. The molecule has 0 aromatic rings. The minimum atomic E-state index is 0.329. The molecule has 0 saturated carbocycles. The Morgan fingerprint density at radius 3 is 2.90 bits per heavy atom. The van der Waals surface area contributed by atoms with Gasteiger partial charge < -0.3 is 0 Å². The molecule has 0 aromatic carbocycles. The van der Waals surface area contributed by atoms with E-state index in [0.29, 0.717) is 11.2 Å². The van der Waals surface area contributed by atoms with Crippen LogP contribution >= 0.6 is 0 Å². The summed E-state index contributed by atoms with van der Waals surface area (Å²) < 4.78 is 0. The summed E-state index contributed by atoms with van der Waals surface area (Å²) in [6.45, 7) is 4.49. The first-order valence-corrected chi connectivity index (χ1v) is 4.03. The molecule has 0 spiro atoms. The molecule has 0 aromatic heterocycles. The van der Waals surface area contributed by atoms with Crippen LogP contribution in [0.4, 0.5) is 0 Å². The monoisotopic (exact) mass is 134 g/mol. The van der Waals surface area contributed by atoms with Crippen LogP contribution in [0.5, 0.6) is 0 Å². The predicted octanol–water partition coefficient (Wildman–Crippen LogP) is 2.71. The molecule has 10 heavy (non-hydrogen) atoms. The fourth-order valence-corrected chi connectivity index (χ4v) is 1.56. The summed E-state index contributed by atoms with van der Waals surface area (Å²) in [6.07, 6.45) is 7.99. The van der Waals surface area contributed by atoms with E-state index in [1.165, 1.54) is 0 Å². The Morgan fingerprint density at radius 2 is 2.20 bits per heavy atom. The lowest BCUT2D eigenvalue weighted by Gasteiger charge is -2.21. The topological polar surface area (TPSA) is 0 Å². The molecule has 0 aliphatic heterocycles. The molecule has 1 atom stereocenters. The van der Waals surface area contributed by atoms with Gasteiger partial charge in [-0.25, -0.2) is 0 Å². The normalized spacial score (nSPS) is 31.6. The van der Waals surface area contributed by atoms with Crippen molar-refractivity contribution in [3.05, 3.63) is 12.2 Å². The zero-order chi connectivity index (χ0) is 7.61. The molecule has 0 bridgehead atoms. The molecule has 1 rings (SSSR count). The first kappa shape index (κ1) is 7.91. The van der Waals surface area contributed by atoms with Gasteiger partial charge in [0, 0.05) is 0 Å². The summed E-state index contributed by atoms with van der Waals surface area (Å²) in [5, 5.41) is 0. The van der Waals surface area contributed by atoms with Crippen LogP contribution in [0.2, 0.25) is 5.82 Å². The minimum Gasteiger partial charge on any atom is -0.0880 e. The lowest BCUT2D eigenvalue weighted by atomic mass is 9.73. The number of rotatable bonds is 0. The van der Waals surface area contributed by atoms with Gasteiger partial charge in [0.25, 0.3) is 0 Å². The van der Waals surface area contributed by atoms with Crippen molar-refractivity contribution in [2.75, 3.05) is 0 Å². The van der Waals surface area contributed by atoms with E-state index in [2.05, 4.69) is 26.0 Å². The number of hydrogen-bond acceptors (Lipinski definition) is 0. The average molecular weight is 134 g/mol. The van der Waals surface area contributed by atoms with E-state index >= 15 is 0 Å². The molecule has 0 nitrogen and oxygen atoms in total. The summed E-state index contributed by atoms with van der Waals surface area (Å²) in [6, 6.07) is 0. The Hall–Kier alpha value is -0.195. The first-order chi connectivity index (χ1) is 4.60. The molecule has 0 fully saturated rings. The Labute approximate surface area is 65.1 Å². The second-order valence-electron chi connectivity index (χ2n) is 3.93. The van der Waals surface area contributed by atoms with Crippen LogP contribution in [-0.4, -0.2) is 7.85 Å². The summed E-state index contributed by atoms with van der Waals surface area (Å²) in [5.41, 5.74) is 0.329. The zero-order valence-corrected chi connectivity index (χ0v) is 6.93. The van der Waals surface area contributed by atoms with Gasteiger partial charge in [0.05, 0.1) is 7.85 Å². The van der Waals surface area contributed by atoms with Crippen LogP contribution in [0, 0.1) is 5.41 Å². The van der Waals surface area contributed by atoms with Crippen LogP contribution in [0.15, 0.2) is 12.2 Å². The summed E-state index contributed by atoms with van der Waals surface area (Å²) in [7, 11) is 5.87. The lowest BCUT2D eigenvalue weighted by molar-refractivity contribution is 0.426. The second-order valence-corrected chi connectivity index (χ2v) is 3.93. The van der Waals surface area contributed by atoms with E-state index in [1.54, 1.807) is 0 Å². The fraction of sp³-hybridized carbons (Fsp3) is 0.778. The Bertz CT molecular complexity index is 136. The molecule has 2 radical (unpaired) electrons. The lowest BCUT2D eigenvalue weighted by Crippen LogP contribution is -2.09. The van der Waals surface area contributed by atoms with E-state index < -0.39 is 0 Å². The summed E-state index contributed by atoms with van der Waals surface area (Å²) >= 11 is 0. The maximum Gasteiger partial charge on any atom is 0.0700 e. The summed E-state index contributed by atoms with van der Waals surface area (Å²) in [5.74, 6) is 0.407. The highest BCUT2D eigenvalue weighted by Crippen LogP contribution is 2.33. The average Bonchev–Trinajstić information content (AvgIpc) is 1.90. The molecule has 0 heterocycles. The fourth-order valence-electron chi connectivity index (χ4n) is 1.56. The molecule has 0 amide bonds. The van der Waals surface area contributed by atoms with Crippen LogP contribution in [0.1, 0.15) is 33.1 Å². The molecule has 0 N–H and O–H groups in total. The van der Waals surface area contributed by atoms with Crippen molar-refractivity contribution < 1.29 is 0 Å². The third-order valence-corrected chi connectivity index (χ3v) is 2.06. The number of allylic oxidation sites excluding steroid dienone is 2. The van der Waals surface area contributed by atoms with E-state index in [-0.39, 0.29) is 0 Å². The quantitative estimate of drug-likeness (QED) is 0.353. The van der Waals surface area contributed by atoms with Crippen molar-refractivity contribution in [1.82, 2.24) is 0 Å². The first-order valence-electron chi connectivity index (χ1n) is 4.03. The Balaban J connectivity index is 2.59. The van der Waals surface area contributed by atoms with Gasteiger partial charge in [-0.1, -0.05) is 38.2 Å². The van der Waals surface area contributed by atoms with Gasteiger partial charge >= 0.3 is 0 Å². The van der Waals surface area contributed by atoms with Crippen molar-refractivity contribution in [2.24, 2.45) is 5.41 Å². The van der Waals surface area contributed by atoms with E-state index in [9.17, 15) is 0 Å². The molecule has 1 aliphatic carbocycles. The second kappa shape index (κ2) is 2.81. The highest BCUT2D eigenvalue weighted by Gasteiger charge is 2.18. The molecular formula is C9H15B. The SMILES string of the molecule is [B]C1CCC=CC(C)(C)C1. The molecule has 0 saturated heterocycles. The van der Waals surface area contributed by atoms with Crippen LogP contribution < -0.4 is 0 Å². The van der Waals surface area contributed by atoms with Gasteiger partial charge in [0.2, 0.25) is 0 Å². The predicted molar refractivity (Wildman–Crippen MR) is 46.3 cm³/mol. The van der Waals surface area contributed by atoms with Crippen LogP contribution in [-0.2, 0) is 0 Å². The Morgan fingerprint density at radius 1 is 1.50 bits per heavy atom. The van der Waals surface area contributed by atoms with E-state index in [4.69, 9.17) is 7.85 Å². The van der Waals surface area contributed by atoms with Gasteiger partial charge in [-0.2, -0.15) is 0 Å². The maximum absolute atomic E-state index is 5.87. The van der Waals surface area contributed by atoms with Gasteiger partial charge in [-0.05, 0) is 18.3 Å². The highest BCUT2D eigenvalue weighted by atomic mass is 14.2. The van der Waals surface area contributed by atoms with Gasteiger partial charge in [0.15, 0.2) is 0 Å². The third kappa shape index (κ3) is 2.20. The van der Waals surface area contributed by atoms with Crippen molar-refractivity contribution in [2.45, 2.75) is 38.9 Å². The minimum absolute atomic E-state index is 0.329. The standard InChI is InChI=1S/C9H15B/c1-9(2)6-4-3-5-8(10)7-9/h4,6,8H,3,5,7H2,1-2H3. The maximum atomic E-state index is 5.87. The Kier molecular flexibility index (Phi) is 2.23. The molecule has 54 valence electrons. The van der Waals surface area contributed by atoms with Crippen molar-refractivity contribution in [3.8, 4) is 0 Å². The van der Waals surface area contributed by atoms with Gasteiger partial charge in [-0.3, -0.25) is 0 Å². The largest absolute Gasteiger partial charge is 0.0880 e. The highest BCUT2D eigenvalue weighted by molar-refractivity contribution is 6.11. The van der Waals surface area contributed by atoms with Crippen molar-refractivity contribution >= 4 is 7.85 Å². The zero-order valence-electron chi connectivity index (χ0n) is 6.93. The number of hydrogen-bond donors (Lipinski definition) is 0. The van der Waals surface area contributed by atoms with Gasteiger partial charge in [0.1, 0.15) is 0 Å². The van der Waals surface area contributed by atoms with Crippen LogP contribution in [0.25, 0.3) is 0 Å². The van der Waals surface area contributed by atoms with Gasteiger partial charge in [-0.15, -0.1) is 0 Å². The summed E-state index contributed by atoms with van der Waals surface area (Å²) in [4.78, 5) is 0. The van der Waals surface area contributed by atoms with Crippen molar-refractivity contribution in [3.63, 3.8) is 0 Å². The smallest absolute Gasteiger partial charge is 0.0700 e.